The second-order valence-electron chi connectivity index (χ2n) is 3.34. The molecule has 0 saturated heterocycles. The van der Waals surface area contributed by atoms with Crippen LogP contribution in [-0.2, 0) is 5.60 Å². The summed E-state index contributed by atoms with van der Waals surface area (Å²) in [7, 11) is 0. The summed E-state index contributed by atoms with van der Waals surface area (Å²) in [6.07, 6.45) is -10.7. The van der Waals surface area contributed by atoms with Gasteiger partial charge < -0.3 is 5.11 Å². The van der Waals surface area contributed by atoms with Gasteiger partial charge in [-0.1, -0.05) is 6.07 Å². The first-order valence-corrected chi connectivity index (χ1v) is 4.29. The Bertz CT molecular complexity index is 397. The molecule has 0 atom stereocenters. The van der Waals surface area contributed by atoms with Gasteiger partial charge >= 0.3 is 12.4 Å². The number of aryl methyl sites for hydroxylation is 1. The van der Waals surface area contributed by atoms with Crippen molar-refractivity contribution >= 4 is 0 Å². The molecule has 1 rings (SSSR count). The number of hydrogen-bond donors (Lipinski definition) is 1. The van der Waals surface area contributed by atoms with Gasteiger partial charge in [0.15, 0.2) is 0 Å². The Balaban J connectivity index is 3.53. The zero-order valence-corrected chi connectivity index (χ0v) is 8.39. The van der Waals surface area contributed by atoms with Crippen LogP contribution in [0.5, 0.6) is 0 Å². The molecule has 0 aromatic carbocycles. The number of alkyl halides is 6. The number of aromatic nitrogens is 1. The van der Waals surface area contributed by atoms with Crippen molar-refractivity contribution < 1.29 is 31.4 Å². The highest BCUT2D eigenvalue weighted by molar-refractivity contribution is 5.29. The average molecular weight is 259 g/mol. The van der Waals surface area contributed by atoms with Crippen LogP contribution in [0.4, 0.5) is 26.3 Å². The van der Waals surface area contributed by atoms with E-state index < -0.39 is 29.2 Å². The molecule has 0 aliphatic heterocycles. The molecule has 17 heavy (non-hydrogen) atoms. The predicted molar refractivity (Wildman–Crippen MR) is 45.0 cm³/mol. The molecule has 2 nitrogen and oxygen atoms in total. The maximum absolute atomic E-state index is 12.5. The van der Waals surface area contributed by atoms with E-state index >= 15 is 0 Å². The minimum absolute atomic E-state index is 0.537. The molecule has 0 saturated carbocycles. The van der Waals surface area contributed by atoms with Gasteiger partial charge in [0.2, 0.25) is 0 Å². The molecule has 0 spiro atoms. The van der Waals surface area contributed by atoms with E-state index in [4.69, 9.17) is 5.11 Å². The molecule has 8 heteroatoms. The fourth-order valence-corrected chi connectivity index (χ4v) is 1.33. The fourth-order valence-electron chi connectivity index (χ4n) is 1.33. The van der Waals surface area contributed by atoms with Gasteiger partial charge in [0, 0.05) is 17.5 Å². The van der Waals surface area contributed by atoms with E-state index in [0.29, 0.717) is 6.07 Å². The van der Waals surface area contributed by atoms with Crippen molar-refractivity contribution in [3.05, 3.63) is 29.6 Å². The lowest BCUT2D eigenvalue weighted by Crippen LogP contribution is -2.54. The van der Waals surface area contributed by atoms with Crippen LogP contribution in [0.15, 0.2) is 18.3 Å². The van der Waals surface area contributed by atoms with Gasteiger partial charge in [-0.3, -0.25) is 4.98 Å². The first-order valence-electron chi connectivity index (χ1n) is 4.29. The van der Waals surface area contributed by atoms with Crippen LogP contribution in [-0.4, -0.2) is 22.4 Å². The van der Waals surface area contributed by atoms with Gasteiger partial charge in [0.25, 0.3) is 5.60 Å². The van der Waals surface area contributed by atoms with E-state index in [9.17, 15) is 26.3 Å². The Labute approximate surface area is 91.9 Å². The summed E-state index contributed by atoms with van der Waals surface area (Å²) in [6, 6.07) is 1.44. The van der Waals surface area contributed by atoms with Crippen LogP contribution >= 0.6 is 0 Å². The smallest absolute Gasteiger partial charge is 0.369 e. The van der Waals surface area contributed by atoms with Crippen molar-refractivity contribution in [2.24, 2.45) is 0 Å². The molecular formula is C9H7F6NO. The summed E-state index contributed by atoms with van der Waals surface area (Å²) < 4.78 is 74.8. The molecule has 0 radical (unpaired) electrons. The second-order valence-corrected chi connectivity index (χ2v) is 3.34. The molecule has 96 valence electrons. The second kappa shape index (κ2) is 3.86. The summed E-state index contributed by atoms with van der Waals surface area (Å²) in [5, 5.41) is 9.05. The van der Waals surface area contributed by atoms with E-state index in [1.807, 2.05) is 0 Å². The van der Waals surface area contributed by atoms with Gasteiger partial charge in [-0.15, -0.1) is 0 Å². The highest BCUT2D eigenvalue weighted by Gasteiger charge is 2.71. The SMILES string of the molecule is Cc1ncccc1C(O)(C(F)(F)F)C(F)(F)F. The number of halogens is 6. The molecule has 1 aromatic rings. The first kappa shape index (κ1) is 13.8. The number of pyridine rings is 1. The highest BCUT2D eigenvalue weighted by atomic mass is 19.4. The van der Waals surface area contributed by atoms with Crippen molar-refractivity contribution in [3.8, 4) is 0 Å². The monoisotopic (exact) mass is 259 g/mol. The third-order valence-electron chi connectivity index (χ3n) is 2.22. The van der Waals surface area contributed by atoms with E-state index in [1.54, 1.807) is 0 Å². The molecule has 1 N–H and O–H groups in total. The van der Waals surface area contributed by atoms with E-state index in [0.717, 1.165) is 19.2 Å². The van der Waals surface area contributed by atoms with E-state index in [-0.39, 0.29) is 0 Å². The Kier molecular flexibility index (Phi) is 3.13. The van der Waals surface area contributed by atoms with Crippen LogP contribution in [0.25, 0.3) is 0 Å². The summed E-state index contributed by atoms with van der Waals surface area (Å²) in [5.74, 6) is 0. The zero-order valence-electron chi connectivity index (χ0n) is 8.39. The van der Waals surface area contributed by atoms with Crippen molar-refractivity contribution in [2.45, 2.75) is 24.9 Å². The normalized spacial score (nSPS) is 13.9. The molecular weight excluding hydrogens is 252 g/mol. The fraction of sp³-hybridized carbons (Fsp3) is 0.444. The van der Waals surface area contributed by atoms with Gasteiger partial charge in [-0.25, -0.2) is 0 Å². The van der Waals surface area contributed by atoms with Crippen molar-refractivity contribution in [1.82, 2.24) is 4.98 Å². The Hall–Kier alpha value is -1.31. The van der Waals surface area contributed by atoms with Crippen LogP contribution in [0.3, 0.4) is 0 Å². The summed E-state index contributed by atoms with van der Waals surface area (Å²) in [6.45, 7) is 0.956. The van der Waals surface area contributed by atoms with Crippen LogP contribution < -0.4 is 0 Å². The van der Waals surface area contributed by atoms with Gasteiger partial charge in [0.05, 0.1) is 0 Å². The van der Waals surface area contributed by atoms with Crippen molar-refractivity contribution in [3.63, 3.8) is 0 Å². The summed E-state index contributed by atoms with van der Waals surface area (Å²) in [5.41, 5.74) is -6.76. The highest BCUT2D eigenvalue weighted by Crippen LogP contribution is 2.50. The van der Waals surface area contributed by atoms with Crippen molar-refractivity contribution in [1.29, 1.82) is 0 Å². The third-order valence-corrected chi connectivity index (χ3v) is 2.22. The van der Waals surface area contributed by atoms with Gasteiger partial charge in [-0.05, 0) is 13.0 Å². The lowest BCUT2D eigenvalue weighted by atomic mass is 9.91. The van der Waals surface area contributed by atoms with Crippen LogP contribution in [0.2, 0.25) is 0 Å². The topological polar surface area (TPSA) is 33.1 Å². The summed E-state index contributed by atoms with van der Waals surface area (Å²) >= 11 is 0. The molecule has 0 unspecified atom stereocenters. The van der Waals surface area contributed by atoms with E-state index in [2.05, 4.69) is 4.98 Å². The predicted octanol–water partition coefficient (Wildman–Crippen LogP) is 2.70. The Morgan fingerprint density at radius 1 is 1.06 bits per heavy atom. The first-order chi connectivity index (χ1) is 7.52. The molecule has 0 fully saturated rings. The lowest BCUT2D eigenvalue weighted by Gasteiger charge is -2.33. The Morgan fingerprint density at radius 3 is 1.88 bits per heavy atom. The molecule has 1 aromatic heterocycles. The number of rotatable bonds is 1. The largest absolute Gasteiger partial charge is 0.430 e. The van der Waals surface area contributed by atoms with Gasteiger partial charge in [-0.2, -0.15) is 26.3 Å². The molecule has 0 aliphatic rings. The summed E-state index contributed by atoms with van der Waals surface area (Å²) in [4.78, 5) is 3.31. The van der Waals surface area contributed by atoms with Crippen LogP contribution in [0, 0.1) is 6.92 Å². The number of aliphatic hydroxyl groups is 1. The van der Waals surface area contributed by atoms with Crippen LogP contribution in [0.1, 0.15) is 11.3 Å². The molecule has 1 heterocycles. The lowest BCUT2D eigenvalue weighted by molar-refractivity contribution is -0.376. The minimum Gasteiger partial charge on any atom is -0.369 e. The molecule has 0 amide bonds. The molecule has 0 aliphatic carbocycles. The zero-order chi connectivity index (χ0) is 13.5. The minimum atomic E-state index is -5.88. The van der Waals surface area contributed by atoms with Crippen molar-refractivity contribution in [2.75, 3.05) is 0 Å². The standard InChI is InChI=1S/C9H7F6NO/c1-5-6(3-2-4-16-5)7(17,8(10,11)12)9(13,14)15/h2-4,17H,1H3. The van der Waals surface area contributed by atoms with E-state index in [1.165, 1.54) is 0 Å². The molecule has 0 bridgehead atoms. The maximum atomic E-state index is 12.5. The van der Waals surface area contributed by atoms with Gasteiger partial charge in [0.1, 0.15) is 0 Å². The maximum Gasteiger partial charge on any atom is 0.430 e. The number of hydrogen-bond acceptors (Lipinski definition) is 2. The Morgan fingerprint density at radius 2 is 1.53 bits per heavy atom. The number of nitrogens with zero attached hydrogens (tertiary/aromatic N) is 1. The quantitative estimate of drug-likeness (QED) is 0.786. The average Bonchev–Trinajstić information content (AvgIpc) is 2.13. The third kappa shape index (κ3) is 2.08.